The molecule has 3 rings (SSSR count). The summed E-state index contributed by atoms with van der Waals surface area (Å²) in [6.45, 7) is 1.28. The molecule has 2 fully saturated rings. The summed E-state index contributed by atoms with van der Waals surface area (Å²) in [5.74, 6) is -2.19. The van der Waals surface area contributed by atoms with Crippen molar-refractivity contribution in [2.24, 2.45) is 0 Å². The number of fused-ring (bicyclic) bond motifs is 2. The summed E-state index contributed by atoms with van der Waals surface area (Å²) in [5.41, 5.74) is 0.182. The van der Waals surface area contributed by atoms with Crippen molar-refractivity contribution in [2.75, 3.05) is 13.1 Å². The third-order valence-electron chi connectivity index (χ3n) is 4.05. The van der Waals surface area contributed by atoms with Gasteiger partial charge in [0.05, 0.1) is 5.56 Å². The van der Waals surface area contributed by atoms with Gasteiger partial charge in [0, 0.05) is 29.6 Å². The molecule has 2 unspecified atom stereocenters. The van der Waals surface area contributed by atoms with E-state index in [1.165, 1.54) is 0 Å². The molecule has 0 aromatic heterocycles. The smallest absolute Gasteiger partial charge is 0.255 e. The number of amides is 1. The van der Waals surface area contributed by atoms with Gasteiger partial charge in [-0.2, -0.15) is 0 Å². The van der Waals surface area contributed by atoms with E-state index in [2.05, 4.69) is 21.2 Å². The van der Waals surface area contributed by atoms with Crippen molar-refractivity contribution in [2.45, 2.75) is 31.3 Å². The molecule has 0 saturated carbocycles. The third-order valence-corrected chi connectivity index (χ3v) is 4.71. The Morgan fingerprint density at radius 1 is 1.20 bits per heavy atom. The zero-order chi connectivity index (χ0) is 14.3. The van der Waals surface area contributed by atoms with E-state index in [1.54, 1.807) is 4.90 Å². The van der Waals surface area contributed by atoms with E-state index in [0.717, 1.165) is 31.4 Å². The molecule has 6 heteroatoms. The highest BCUT2D eigenvalue weighted by atomic mass is 79.9. The molecular weight excluding hydrogens is 330 g/mol. The number of hydrogen-bond donors (Lipinski definition) is 1. The van der Waals surface area contributed by atoms with Crippen LogP contribution in [-0.2, 0) is 0 Å². The molecule has 3 nitrogen and oxygen atoms in total. The van der Waals surface area contributed by atoms with Crippen LogP contribution >= 0.6 is 15.9 Å². The molecule has 0 aliphatic carbocycles. The second kappa shape index (κ2) is 5.41. The zero-order valence-electron chi connectivity index (χ0n) is 10.8. The Morgan fingerprint density at radius 3 is 2.70 bits per heavy atom. The van der Waals surface area contributed by atoms with Gasteiger partial charge in [-0.1, -0.05) is 0 Å². The summed E-state index contributed by atoms with van der Waals surface area (Å²) in [7, 11) is 0. The molecule has 108 valence electrons. The van der Waals surface area contributed by atoms with Crippen molar-refractivity contribution in [1.29, 1.82) is 0 Å². The first-order valence-electron chi connectivity index (χ1n) is 6.74. The molecular formula is C14H15BrF2N2O. The minimum Gasteiger partial charge on any atom is -0.337 e. The number of halogens is 3. The highest BCUT2D eigenvalue weighted by molar-refractivity contribution is 9.10. The maximum absolute atomic E-state index is 13.3. The van der Waals surface area contributed by atoms with Crippen LogP contribution in [0.5, 0.6) is 0 Å². The number of nitrogens with zero attached hydrogens (tertiary/aromatic N) is 1. The molecule has 2 saturated heterocycles. The molecule has 1 aromatic carbocycles. The fraction of sp³-hybridized carbons (Fsp3) is 0.500. The molecule has 2 bridgehead atoms. The SMILES string of the molecule is O=C(c1cc(F)c(F)cc1Br)N1CCC2CCC(C1)N2. The number of hydrogen-bond acceptors (Lipinski definition) is 2. The number of likely N-dealkylation sites (tertiary alicyclic amines) is 1. The second-order valence-corrected chi connectivity index (χ2v) is 6.28. The molecule has 1 aromatic rings. The van der Waals surface area contributed by atoms with Gasteiger partial charge in [0.1, 0.15) is 0 Å². The van der Waals surface area contributed by atoms with E-state index in [-0.39, 0.29) is 11.5 Å². The summed E-state index contributed by atoms with van der Waals surface area (Å²) in [5, 5.41) is 3.48. The Bertz CT molecular complexity index is 552. The normalized spacial score (nSPS) is 25.6. The van der Waals surface area contributed by atoms with E-state index in [9.17, 15) is 13.6 Å². The maximum Gasteiger partial charge on any atom is 0.255 e. The van der Waals surface area contributed by atoms with Gasteiger partial charge in [-0.3, -0.25) is 4.79 Å². The van der Waals surface area contributed by atoms with Crippen LogP contribution in [0.3, 0.4) is 0 Å². The third kappa shape index (κ3) is 2.59. The molecule has 20 heavy (non-hydrogen) atoms. The van der Waals surface area contributed by atoms with Gasteiger partial charge in [0.2, 0.25) is 0 Å². The maximum atomic E-state index is 13.3. The summed E-state index contributed by atoms with van der Waals surface area (Å²) in [6.07, 6.45) is 3.12. The van der Waals surface area contributed by atoms with Crippen LogP contribution < -0.4 is 5.32 Å². The van der Waals surface area contributed by atoms with Gasteiger partial charge in [-0.05, 0) is 47.3 Å². The van der Waals surface area contributed by atoms with Gasteiger partial charge < -0.3 is 10.2 Å². The Labute approximate surface area is 124 Å². The number of rotatable bonds is 1. The molecule has 2 heterocycles. The average molecular weight is 345 g/mol. The van der Waals surface area contributed by atoms with Crippen molar-refractivity contribution in [3.05, 3.63) is 33.8 Å². The second-order valence-electron chi connectivity index (χ2n) is 5.42. The van der Waals surface area contributed by atoms with E-state index in [4.69, 9.17) is 0 Å². The van der Waals surface area contributed by atoms with Crippen molar-refractivity contribution < 1.29 is 13.6 Å². The molecule has 1 amide bonds. The van der Waals surface area contributed by atoms with Crippen LogP contribution in [0, 0.1) is 11.6 Å². The first-order chi connectivity index (χ1) is 9.54. The fourth-order valence-electron chi connectivity index (χ4n) is 2.98. The van der Waals surface area contributed by atoms with E-state index < -0.39 is 11.6 Å². The minimum atomic E-state index is -0.994. The largest absolute Gasteiger partial charge is 0.337 e. The molecule has 0 radical (unpaired) electrons. The van der Waals surface area contributed by atoms with Crippen LogP contribution in [0.25, 0.3) is 0 Å². The summed E-state index contributed by atoms with van der Waals surface area (Å²) >= 11 is 3.14. The van der Waals surface area contributed by atoms with Gasteiger partial charge >= 0.3 is 0 Å². The number of carbonyl (C=O) groups is 1. The Hall–Kier alpha value is -1.01. The zero-order valence-corrected chi connectivity index (χ0v) is 12.4. The van der Waals surface area contributed by atoms with Crippen molar-refractivity contribution in [3.63, 3.8) is 0 Å². The lowest BCUT2D eigenvalue weighted by Gasteiger charge is -2.24. The van der Waals surface area contributed by atoms with Gasteiger partial charge in [0.15, 0.2) is 11.6 Å². The standard InChI is InChI=1S/C14H15BrF2N2O/c15-11-6-13(17)12(16)5-10(11)14(20)19-4-3-8-1-2-9(7-19)18-8/h5-6,8-9,18H,1-4,7H2. The first-order valence-corrected chi connectivity index (χ1v) is 7.54. The molecule has 1 N–H and O–H groups in total. The highest BCUT2D eigenvalue weighted by Crippen LogP contribution is 2.25. The van der Waals surface area contributed by atoms with Crippen LogP contribution in [0.1, 0.15) is 29.6 Å². The number of carbonyl (C=O) groups excluding carboxylic acids is 1. The van der Waals surface area contributed by atoms with Gasteiger partial charge in [0.25, 0.3) is 5.91 Å². The molecule has 2 aliphatic rings. The molecule has 2 aliphatic heterocycles. The summed E-state index contributed by atoms with van der Waals surface area (Å²) in [6, 6.07) is 2.77. The predicted molar refractivity (Wildman–Crippen MR) is 74.5 cm³/mol. The van der Waals surface area contributed by atoms with Crippen LogP contribution in [0.4, 0.5) is 8.78 Å². The van der Waals surface area contributed by atoms with Crippen molar-refractivity contribution in [1.82, 2.24) is 10.2 Å². The quantitative estimate of drug-likeness (QED) is 0.794. The van der Waals surface area contributed by atoms with Crippen LogP contribution in [0.15, 0.2) is 16.6 Å². The van der Waals surface area contributed by atoms with Crippen molar-refractivity contribution in [3.8, 4) is 0 Å². The Morgan fingerprint density at radius 2 is 1.90 bits per heavy atom. The van der Waals surface area contributed by atoms with Crippen LogP contribution in [0.2, 0.25) is 0 Å². The van der Waals surface area contributed by atoms with Gasteiger partial charge in [-0.25, -0.2) is 8.78 Å². The lowest BCUT2D eigenvalue weighted by molar-refractivity contribution is 0.0746. The fourth-order valence-corrected chi connectivity index (χ4v) is 3.47. The number of nitrogens with one attached hydrogen (secondary N) is 1. The van der Waals surface area contributed by atoms with E-state index in [0.29, 0.717) is 29.6 Å². The number of benzene rings is 1. The topological polar surface area (TPSA) is 32.3 Å². The molecule has 0 spiro atoms. The lowest BCUT2D eigenvalue weighted by Crippen LogP contribution is -2.39. The lowest BCUT2D eigenvalue weighted by atomic mass is 10.1. The monoisotopic (exact) mass is 344 g/mol. The molecule has 2 atom stereocenters. The van der Waals surface area contributed by atoms with Gasteiger partial charge in [-0.15, -0.1) is 0 Å². The average Bonchev–Trinajstić information content (AvgIpc) is 2.73. The Balaban J connectivity index is 1.83. The summed E-state index contributed by atoms with van der Waals surface area (Å²) < 4.78 is 26.7. The van der Waals surface area contributed by atoms with E-state index in [1.807, 2.05) is 0 Å². The summed E-state index contributed by atoms with van der Waals surface area (Å²) in [4.78, 5) is 14.2. The van der Waals surface area contributed by atoms with Crippen molar-refractivity contribution >= 4 is 21.8 Å². The minimum absolute atomic E-state index is 0.182. The van der Waals surface area contributed by atoms with Crippen LogP contribution in [-0.4, -0.2) is 36.0 Å². The highest BCUT2D eigenvalue weighted by Gasteiger charge is 2.32. The predicted octanol–water partition coefficient (Wildman–Crippen LogP) is 2.69. The van der Waals surface area contributed by atoms with E-state index >= 15 is 0 Å². The Kier molecular flexibility index (Phi) is 3.77. The first kappa shape index (κ1) is 13.9.